The maximum absolute atomic E-state index is 12.8. The van der Waals surface area contributed by atoms with Crippen molar-refractivity contribution in [3.8, 4) is 23.3 Å². The van der Waals surface area contributed by atoms with Gasteiger partial charge in [0.05, 0.1) is 31.3 Å². The molecule has 10 heteroatoms. The molecule has 0 aromatic heterocycles. The Kier molecular flexibility index (Phi) is 9.60. The fraction of sp³-hybridized carbons (Fsp3) is 0.321. The summed E-state index contributed by atoms with van der Waals surface area (Å²) in [5.41, 5.74) is 7.37. The quantitative estimate of drug-likeness (QED) is 0.417. The van der Waals surface area contributed by atoms with Gasteiger partial charge in [0.25, 0.3) is 5.91 Å². The normalized spacial score (nSPS) is 14.8. The van der Waals surface area contributed by atoms with E-state index in [9.17, 15) is 14.9 Å². The SMILES string of the molecule is CCOC(=O)C1=C(C)OC(N)=C(C#N)C1c1ccc(OCC(=O)Nc2ccc(OCC)cc2)c(OCC)c1. The maximum atomic E-state index is 12.8. The van der Waals surface area contributed by atoms with E-state index in [-0.39, 0.29) is 41.9 Å². The number of anilines is 1. The van der Waals surface area contributed by atoms with E-state index in [1.165, 1.54) is 0 Å². The first-order chi connectivity index (χ1) is 18.3. The average Bonchev–Trinajstić information content (AvgIpc) is 2.89. The van der Waals surface area contributed by atoms with Gasteiger partial charge in [0.15, 0.2) is 18.1 Å². The molecule has 3 N–H and O–H groups in total. The molecule has 0 saturated heterocycles. The molecule has 38 heavy (non-hydrogen) atoms. The molecule has 1 heterocycles. The Balaban J connectivity index is 1.83. The molecule has 0 radical (unpaired) electrons. The van der Waals surface area contributed by atoms with Crippen molar-refractivity contribution in [3.05, 3.63) is 70.8 Å². The highest BCUT2D eigenvalue weighted by atomic mass is 16.5. The number of carbonyl (C=O) groups is 2. The van der Waals surface area contributed by atoms with Crippen LogP contribution in [0.1, 0.15) is 39.2 Å². The van der Waals surface area contributed by atoms with Gasteiger partial charge in [0.1, 0.15) is 23.2 Å². The number of carbonyl (C=O) groups excluding carboxylic acids is 2. The third-order valence-corrected chi connectivity index (χ3v) is 5.51. The number of esters is 1. The molecule has 0 aliphatic carbocycles. The van der Waals surface area contributed by atoms with Gasteiger partial charge in [-0.3, -0.25) is 4.79 Å². The third-order valence-electron chi connectivity index (χ3n) is 5.51. The molecule has 1 atom stereocenters. The summed E-state index contributed by atoms with van der Waals surface area (Å²) in [5.74, 6) is -0.291. The van der Waals surface area contributed by atoms with Gasteiger partial charge in [-0.05, 0) is 69.7 Å². The van der Waals surface area contributed by atoms with Crippen molar-refractivity contribution < 1.29 is 33.3 Å². The summed E-state index contributed by atoms with van der Waals surface area (Å²) in [6.45, 7) is 7.72. The molecule has 1 unspecified atom stereocenters. The van der Waals surface area contributed by atoms with Crippen LogP contribution < -0.4 is 25.3 Å². The Hall–Kier alpha value is -4.65. The van der Waals surface area contributed by atoms with Gasteiger partial charge in [-0.15, -0.1) is 0 Å². The van der Waals surface area contributed by atoms with Crippen LogP contribution in [0.4, 0.5) is 5.69 Å². The number of hydrogen-bond acceptors (Lipinski definition) is 9. The number of nitriles is 1. The van der Waals surface area contributed by atoms with Crippen molar-refractivity contribution in [2.45, 2.75) is 33.6 Å². The van der Waals surface area contributed by atoms with Crippen LogP contribution in [0.5, 0.6) is 17.2 Å². The van der Waals surface area contributed by atoms with E-state index in [1.54, 1.807) is 63.2 Å². The van der Waals surface area contributed by atoms with Crippen molar-refractivity contribution >= 4 is 17.6 Å². The van der Waals surface area contributed by atoms with Crippen LogP contribution in [0.3, 0.4) is 0 Å². The van der Waals surface area contributed by atoms with E-state index in [0.29, 0.717) is 41.7 Å². The number of nitrogens with zero attached hydrogens (tertiary/aromatic N) is 1. The lowest BCUT2D eigenvalue weighted by Crippen LogP contribution is -2.25. The second-order valence-electron chi connectivity index (χ2n) is 8.05. The standard InChI is InChI=1S/C28H31N3O7/c1-5-34-20-11-9-19(10-12-20)31-24(32)16-37-22-13-8-18(14-23(22)35-6-2)26-21(15-29)27(30)38-17(4)25(26)28(33)36-7-3/h8-14,26H,5-7,16,30H2,1-4H3,(H,31,32). The fourth-order valence-electron chi connectivity index (χ4n) is 3.92. The van der Waals surface area contributed by atoms with E-state index >= 15 is 0 Å². The summed E-state index contributed by atoms with van der Waals surface area (Å²) in [7, 11) is 0. The molecule has 0 saturated carbocycles. The van der Waals surface area contributed by atoms with Crippen LogP contribution in [-0.2, 0) is 19.1 Å². The molecular weight excluding hydrogens is 490 g/mol. The van der Waals surface area contributed by atoms with Crippen LogP contribution in [-0.4, -0.2) is 38.3 Å². The molecule has 1 aliphatic rings. The first kappa shape index (κ1) is 27.9. The van der Waals surface area contributed by atoms with Crippen molar-refractivity contribution in [1.29, 1.82) is 5.26 Å². The van der Waals surface area contributed by atoms with E-state index in [4.69, 9.17) is 29.4 Å². The molecule has 1 amide bonds. The first-order valence-corrected chi connectivity index (χ1v) is 12.2. The predicted molar refractivity (Wildman–Crippen MR) is 139 cm³/mol. The first-order valence-electron chi connectivity index (χ1n) is 12.2. The molecule has 2 aromatic rings. The molecular formula is C28H31N3O7. The molecule has 3 rings (SSSR count). The number of rotatable bonds is 11. The molecule has 2 aromatic carbocycles. The minimum Gasteiger partial charge on any atom is -0.494 e. The number of ether oxygens (including phenoxy) is 5. The summed E-state index contributed by atoms with van der Waals surface area (Å²) in [6.07, 6.45) is 0. The summed E-state index contributed by atoms with van der Waals surface area (Å²) in [5, 5.41) is 12.6. The van der Waals surface area contributed by atoms with Gasteiger partial charge in [-0.2, -0.15) is 5.26 Å². The van der Waals surface area contributed by atoms with Crippen LogP contribution >= 0.6 is 0 Å². The number of amides is 1. The second kappa shape index (κ2) is 13.1. The highest BCUT2D eigenvalue weighted by Crippen LogP contribution is 2.42. The monoisotopic (exact) mass is 521 g/mol. The molecule has 1 aliphatic heterocycles. The van der Waals surface area contributed by atoms with Gasteiger partial charge in [0, 0.05) is 5.69 Å². The predicted octanol–water partition coefficient (Wildman–Crippen LogP) is 4.15. The Labute approximate surface area is 221 Å². The number of allylic oxidation sites excluding steroid dienone is 2. The highest BCUT2D eigenvalue weighted by molar-refractivity contribution is 5.93. The Bertz CT molecular complexity index is 1280. The molecule has 0 bridgehead atoms. The Morgan fingerprint density at radius 3 is 2.34 bits per heavy atom. The van der Waals surface area contributed by atoms with E-state index in [2.05, 4.69) is 5.32 Å². The van der Waals surface area contributed by atoms with Gasteiger partial charge in [-0.25, -0.2) is 4.79 Å². The summed E-state index contributed by atoms with van der Waals surface area (Å²) >= 11 is 0. The molecule has 0 spiro atoms. The van der Waals surface area contributed by atoms with Gasteiger partial charge >= 0.3 is 5.97 Å². The van der Waals surface area contributed by atoms with Crippen LogP contribution in [0.15, 0.2) is 65.3 Å². The highest BCUT2D eigenvalue weighted by Gasteiger charge is 2.36. The lowest BCUT2D eigenvalue weighted by atomic mass is 9.83. The molecule has 200 valence electrons. The number of nitrogens with one attached hydrogen (secondary N) is 1. The minimum atomic E-state index is -0.830. The van der Waals surface area contributed by atoms with E-state index in [0.717, 1.165) is 0 Å². The minimum absolute atomic E-state index is 0.0736. The van der Waals surface area contributed by atoms with Crippen LogP contribution in [0.2, 0.25) is 0 Å². The summed E-state index contributed by atoms with van der Waals surface area (Å²) in [6, 6.07) is 14.0. The lowest BCUT2D eigenvalue weighted by Gasteiger charge is -2.27. The lowest BCUT2D eigenvalue weighted by molar-refractivity contribution is -0.139. The smallest absolute Gasteiger partial charge is 0.338 e. The largest absolute Gasteiger partial charge is 0.494 e. The summed E-state index contributed by atoms with van der Waals surface area (Å²) in [4.78, 5) is 25.3. The maximum Gasteiger partial charge on any atom is 0.338 e. The van der Waals surface area contributed by atoms with Gasteiger partial charge < -0.3 is 34.7 Å². The summed E-state index contributed by atoms with van der Waals surface area (Å²) < 4.78 is 27.6. The number of hydrogen-bond donors (Lipinski definition) is 2. The zero-order valence-electron chi connectivity index (χ0n) is 21.8. The average molecular weight is 522 g/mol. The van der Waals surface area contributed by atoms with Crippen molar-refractivity contribution in [1.82, 2.24) is 0 Å². The molecule has 10 nitrogen and oxygen atoms in total. The van der Waals surface area contributed by atoms with Crippen molar-refractivity contribution in [2.75, 3.05) is 31.7 Å². The van der Waals surface area contributed by atoms with E-state index < -0.39 is 11.9 Å². The number of benzene rings is 2. The van der Waals surface area contributed by atoms with Crippen LogP contribution in [0.25, 0.3) is 0 Å². The fourth-order valence-corrected chi connectivity index (χ4v) is 3.92. The van der Waals surface area contributed by atoms with Crippen molar-refractivity contribution in [2.24, 2.45) is 5.73 Å². The van der Waals surface area contributed by atoms with E-state index in [1.807, 2.05) is 13.0 Å². The Morgan fingerprint density at radius 2 is 1.71 bits per heavy atom. The van der Waals surface area contributed by atoms with Gasteiger partial charge in [-0.1, -0.05) is 6.07 Å². The van der Waals surface area contributed by atoms with Crippen LogP contribution in [0, 0.1) is 11.3 Å². The van der Waals surface area contributed by atoms with Gasteiger partial charge in [0.2, 0.25) is 5.88 Å². The topological polar surface area (TPSA) is 142 Å². The second-order valence-corrected chi connectivity index (χ2v) is 8.05. The Morgan fingerprint density at radius 1 is 1.00 bits per heavy atom. The molecule has 0 fully saturated rings. The number of nitrogens with two attached hydrogens (primary N) is 1. The zero-order valence-corrected chi connectivity index (χ0v) is 21.8. The zero-order chi connectivity index (χ0) is 27.7. The van der Waals surface area contributed by atoms with Crippen molar-refractivity contribution in [3.63, 3.8) is 0 Å². The third kappa shape index (κ3) is 6.56.